The predicted molar refractivity (Wildman–Crippen MR) is 46.9 cm³/mol. The average molecular weight is 165 g/mol. The summed E-state index contributed by atoms with van der Waals surface area (Å²) in [5.74, 6) is 1.71. The van der Waals surface area contributed by atoms with Gasteiger partial charge in [0.1, 0.15) is 5.84 Å². The van der Waals surface area contributed by atoms with Gasteiger partial charge in [-0.1, -0.05) is 0 Å². The van der Waals surface area contributed by atoms with Crippen molar-refractivity contribution < 1.29 is 4.74 Å². The van der Waals surface area contributed by atoms with Gasteiger partial charge in [0.25, 0.3) is 0 Å². The lowest BCUT2D eigenvalue weighted by Gasteiger charge is -2.05. The summed E-state index contributed by atoms with van der Waals surface area (Å²) in [6.45, 7) is 1.87. The quantitative estimate of drug-likeness (QED) is 0.620. The largest absolute Gasteiger partial charge is 0.381 e. The number of nitrogens with zero attached hydrogens (tertiary/aromatic N) is 2. The van der Waals surface area contributed by atoms with Crippen LogP contribution in [0.15, 0.2) is 17.4 Å². The van der Waals surface area contributed by atoms with E-state index >= 15 is 0 Å². The van der Waals surface area contributed by atoms with Gasteiger partial charge in [0.05, 0.1) is 0 Å². The van der Waals surface area contributed by atoms with Crippen molar-refractivity contribution in [1.29, 1.82) is 0 Å². The van der Waals surface area contributed by atoms with Crippen LogP contribution in [-0.2, 0) is 4.74 Å². The normalized spacial score (nSPS) is 27.3. The van der Waals surface area contributed by atoms with E-state index in [1.807, 2.05) is 0 Å². The SMILES string of the molecule is C1=CN=C(CCC2CCOC2)[N]1. The van der Waals surface area contributed by atoms with E-state index in [4.69, 9.17) is 4.74 Å². The Hall–Kier alpha value is -0.830. The molecule has 3 nitrogen and oxygen atoms in total. The number of hydrogen-bond donors (Lipinski definition) is 0. The summed E-state index contributed by atoms with van der Waals surface area (Å²) in [5.41, 5.74) is 0. The van der Waals surface area contributed by atoms with Crippen molar-refractivity contribution in [2.24, 2.45) is 10.9 Å². The molecule has 1 saturated heterocycles. The Labute approximate surface area is 72.5 Å². The Kier molecular flexibility index (Phi) is 2.42. The van der Waals surface area contributed by atoms with Gasteiger partial charge in [0.2, 0.25) is 0 Å². The molecule has 0 N–H and O–H groups in total. The molecule has 0 aliphatic carbocycles. The monoisotopic (exact) mass is 165 g/mol. The predicted octanol–water partition coefficient (Wildman–Crippen LogP) is 1.29. The highest BCUT2D eigenvalue weighted by Crippen LogP contribution is 2.18. The van der Waals surface area contributed by atoms with Crippen LogP contribution in [-0.4, -0.2) is 19.0 Å². The molecule has 0 aromatic carbocycles. The second-order valence-electron chi connectivity index (χ2n) is 3.24. The van der Waals surface area contributed by atoms with Crippen LogP contribution in [0, 0.1) is 5.92 Å². The molecule has 0 aromatic heterocycles. The first-order valence-electron chi connectivity index (χ1n) is 4.45. The van der Waals surface area contributed by atoms with Gasteiger partial charge in [0.15, 0.2) is 0 Å². The van der Waals surface area contributed by atoms with E-state index < -0.39 is 0 Å². The van der Waals surface area contributed by atoms with Crippen LogP contribution in [0.2, 0.25) is 0 Å². The molecule has 0 amide bonds. The number of rotatable bonds is 3. The highest BCUT2D eigenvalue weighted by atomic mass is 16.5. The molecule has 0 bridgehead atoms. The Bertz CT molecular complexity index is 205. The summed E-state index contributed by atoms with van der Waals surface area (Å²) in [5, 5.41) is 4.13. The van der Waals surface area contributed by atoms with Crippen molar-refractivity contribution in [3.05, 3.63) is 12.4 Å². The first-order chi connectivity index (χ1) is 5.95. The lowest BCUT2D eigenvalue weighted by atomic mass is 10.0. The molecule has 1 unspecified atom stereocenters. The van der Waals surface area contributed by atoms with E-state index in [-0.39, 0.29) is 0 Å². The molecule has 2 aliphatic rings. The van der Waals surface area contributed by atoms with Crippen molar-refractivity contribution in [3.8, 4) is 0 Å². The highest BCUT2D eigenvalue weighted by Gasteiger charge is 2.16. The van der Waals surface area contributed by atoms with E-state index in [0.29, 0.717) is 0 Å². The van der Waals surface area contributed by atoms with E-state index in [0.717, 1.165) is 31.4 Å². The third-order valence-corrected chi connectivity index (χ3v) is 2.31. The van der Waals surface area contributed by atoms with E-state index in [1.54, 1.807) is 12.4 Å². The molecule has 65 valence electrons. The van der Waals surface area contributed by atoms with Crippen molar-refractivity contribution in [1.82, 2.24) is 5.32 Å². The smallest absolute Gasteiger partial charge is 0.128 e. The standard InChI is InChI=1S/C9H13N2O/c1(8-3-6-12-7-8)2-9-10-4-5-11-9/h4-5,8H,1-3,6-7H2. The minimum Gasteiger partial charge on any atom is -0.381 e. The van der Waals surface area contributed by atoms with Gasteiger partial charge in [-0.05, 0) is 18.8 Å². The maximum absolute atomic E-state index is 5.29. The van der Waals surface area contributed by atoms with Crippen LogP contribution in [0.3, 0.4) is 0 Å². The van der Waals surface area contributed by atoms with Gasteiger partial charge in [-0.25, -0.2) is 10.3 Å². The number of amidine groups is 1. The van der Waals surface area contributed by atoms with E-state index in [1.165, 1.54) is 12.8 Å². The zero-order valence-corrected chi connectivity index (χ0v) is 7.07. The molecular weight excluding hydrogens is 152 g/mol. The molecule has 0 aromatic rings. The minimum atomic E-state index is 0.739. The van der Waals surface area contributed by atoms with Crippen LogP contribution in [0.25, 0.3) is 0 Å². The Morgan fingerprint density at radius 3 is 3.17 bits per heavy atom. The zero-order chi connectivity index (χ0) is 8.23. The van der Waals surface area contributed by atoms with Gasteiger partial charge < -0.3 is 4.74 Å². The van der Waals surface area contributed by atoms with E-state index in [2.05, 4.69) is 10.3 Å². The Balaban J connectivity index is 1.67. The van der Waals surface area contributed by atoms with Crippen molar-refractivity contribution in [3.63, 3.8) is 0 Å². The molecule has 1 radical (unpaired) electrons. The maximum Gasteiger partial charge on any atom is 0.128 e. The van der Waals surface area contributed by atoms with Crippen LogP contribution < -0.4 is 5.32 Å². The summed E-state index contributed by atoms with van der Waals surface area (Å²) in [6, 6.07) is 0. The molecule has 1 fully saturated rings. The molecule has 2 rings (SSSR count). The molecular formula is C9H13N2O. The maximum atomic E-state index is 5.29. The third kappa shape index (κ3) is 1.85. The number of hydrogen-bond acceptors (Lipinski definition) is 2. The fourth-order valence-electron chi connectivity index (χ4n) is 1.55. The van der Waals surface area contributed by atoms with Crippen LogP contribution in [0.5, 0.6) is 0 Å². The highest BCUT2D eigenvalue weighted by molar-refractivity contribution is 5.84. The van der Waals surface area contributed by atoms with Crippen molar-refractivity contribution in [2.75, 3.05) is 13.2 Å². The second-order valence-corrected chi connectivity index (χ2v) is 3.24. The van der Waals surface area contributed by atoms with Crippen LogP contribution in [0.4, 0.5) is 0 Å². The van der Waals surface area contributed by atoms with Gasteiger partial charge >= 0.3 is 0 Å². The summed E-state index contributed by atoms with van der Waals surface area (Å²) in [6.07, 6.45) is 6.88. The number of aliphatic imine (C=N–C) groups is 1. The molecule has 3 heteroatoms. The average Bonchev–Trinajstić information content (AvgIpc) is 2.74. The van der Waals surface area contributed by atoms with E-state index in [9.17, 15) is 0 Å². The number of ether oxygens (including phenoxy) is 1. The summed E-state index contributed by atoms with van der Waals surface area (Å²) >= 11 is 0. The summed E-state index contributed by atoms with van der Waals surface area (Å²) in [4.78, 5) is 4.13. The minimum absolute atomic E-state index is 0.739. The van der Waals surface area contributed by atoms with Crippen molar-refractivity contribution in [2.45, 2.75) is 19.3 Å². The fourth-order valence-corrected chi connectivity index (χ4v) is 1.55. The summed E-state index contributed by atoms with van der Waals surface area (Å²) < 4.78 is 5.29. The Morgan fingerprint density at radius 1 is 1.50 bits per heavy atom. The molecule has 2 aliphatic heterocycles. The lowest BCUT2D eigenvalue weighted by Crippen LogP contribution is -2.09. The molecule has 12 heavy (non-hydrogen) atoms. The zero-order valence-electron chi connectivity index (χ0n) is 7.07. The van der Waals surface area contributed by atoms with Gasteiger partial charge in [-0.3, -0.25) is 0 Å². The van der Waals surface area contributed by atoms with Gasteiger partial charge in [-0.15, -0.1) is 0 Å². The van der Waals surface area contributed by atoms with Crippen LogP contribution in [0.1, 0.15) is 19.3 Å². The molecule has 1 atom stereocenters. The second kappa shape index (κ2) is 3.72. The van der Waals surface area contributed by atoms with Crippen LogP contribution >= 0.6 is 0 Å². The molecule has 0 spiro atoms. The molecule has 0 saturated carbocycles. The van der Waals surface area contributed by atoms with Gasteiger partial charge in [0, 0.05) is 32.0 Å². The first kappa shape index (κ1) is 7.80. The summed E-state index contributed by atoms with van der Waals surface area (Å²) in [7, 11) is 0. The fraction of sp³-hybridized carbons (Fsp3) is 0.667. The van der Waals surface area contributed by atoms with Gasteiger partial charge in [-0.2, -0.15) is 0 Å². The lowest BCUT2D eigenvalue weighted by molar-refractivity contribution is 0.184. The topological polar surface area (TPSA) is 35.7 Å². The van der Waals surface area contributed by atoms with Crippen molar-refractivity contribution >= 4 is 5.84 Å². The first-order valence-corrected chi connectivity index (χ1v) is 4.45. The Morgan fingerprint density at radius 2 is 2.50 bits per heavy atom. The molecule has 2 heterocycles. The third-order valence-electron chi connectivity index (χ3n) is 2.31.